The van der Waals surface area contributed by atoms with E-state index in [2.05, 4.69) is 34.5 Å². The van der Waals surface area contributed by atoms with E-state index in [1.807, 2.05) is 24.3 Å². The molecule has 0 saturated carbocycles. The maximum Gasteiger partial charge on any atom is 0.267 e. The van der Waals surface area contributed by atoms with Crippen LogP contribution >= 0.6 is 0 Å². The molecule has 2 aromatic carbocycles. The third kappa shape index (κ3) is 4.82. The highest BCUT2D eigenvalue weighted by Gasteiger charge is 2.31. The molecule has 0 bridgehead atoms. The Morgan fingerprint density at radius 3 is 2.53 bits per heavy atom. The first-order valence-corrected chi connectivity index (χ1v) is 10.7. The number of hydrogen-bond acceptors (Lipinski definition) is 4. The van der Waals surface area contributed by atoms with Crippen LogP contribution in [0.4, 0.5) is 5.69 Å². The fourth-order valence-corrected chi connectivity index (χ4v) is 4.05. The summed E-state index contributed by atoms with van der Waals surface area (Å²) in [6.07, 6.45) is 2.30. The molecule has 0 aliphatic carbocycles. The fourth-order valence-electron chi connectivity index (χ4n) is 4.05. The second kappa shape index (κ2) is 9.30. The number of anilines is 1. The van der Waals surface area contributed by atoms with E-state index in [-0.39, 0.29) is 18.2 Å². The van der Waals surface area contributed by atoms with Crippen LogP contribution in [0, 0.1) is 0 Å². The molecular formula is C24H29N3O3. The summed E-state index contributed by atoms with van der Waals surface area (Å²) in [4.78, 5) is 29.0. The number of nitrogens with one attached hydrogen (secondary N) is 1. The van der Waals surface area contributed by atoms with Crippen LogP contribution < -0.4 is 15.0 Å². The van der Waals surface area contributed by atoms with Crippen LogP contribution in [0.5, 0.6) is 5.75 Å². The van der Waals surface area contributed by atoms with E-state index in [9.17, 15) is 9.59 Å². The Kier molecular flexibility index (Phi) is 6.33. The van der Waals surface area contributed by atoms with Crippen LogP contribution in [-0.2, 0) is 22.7 Å². The normalized spacial score (nSPS) is 18.8. The molecule has 1 fully saturated rings. The van der Waals surface area contributed by atoms with Crippen molar-refractivity contribution in [3.63, 3.8) is 0 Å². The molecule has 2 heterocycles. The van der Waals surface area contributed by atoms with Gasteiger partial charge in [-0.15, -0.1) is 0 Å². The molecule has 2 aliphatic heterocycles. The average Bonchev–Trinajstić information content (AvgIpc) is 3.27. The van der Waals surface area contributed by atoms with Gasteiger partial charge < -0.3 is 15.0 Å². The molecule has 2 aromatic rings. The summed E-state index contributed by atoms with van der Waals surface area (Å²) in [5.74, 6) is 0.495. The third-order valence-electron chi connectivity index (χ3n) is 5.75. The molecule has 1 N–H and O–H groups in total. The Labute approximate surface area is 177 Å². The Hall–Kier alpha value is -2.86. The number of hydrogen-bond donors (Lipinski definition) is 1. The molecule has 2 amide bonds. The Morgan fingerprint density at radius 2 is 1.77 bits per heavy atom. The molecule has 6 nitrogen and oxygen atoms in total. The number of rotatable bonds is 7. The molecule has 1 unspecified atom stereocenters. The first-order chi connectivity index (χ1) is 14.6. The predicted octanol–water partition coefficient (Wildman–Crippen LogP) is 3.10. The highest BCUT2D eigenvalue weighted by Crippen LogP contribution is 2.33. The minimum absolute atomic E-state index is 0.0689. The summed E-state index contributed by atoms with van der Waals surface area (Å²) in [6, 6.07) is 15.9. The monoisotopic (exact) mass is 407 g/mol. The van der Waals surface area contributed by atoms with Gasteiger partial charge in [0.25, 0.3) is 5.91 Å². The zero-order valence-electron chi connectivity index (χ0n) is 17.5. The third-order valence-corrected chi connectivity index (χ3v) is 5.75. The number of likely N-dealkylation sites (tertiary alicyclic amines) is 1. The van der Waals surface area contributed by atoms with Gasteiger partial charge in [-0.25, -0.2) is 0 Å². The van der Waals surface area contributed by atoms with Crippen molar-refractivity contribution in [1.29, 1.82) is 0 Å². The van der Waals surface area contributed by atoms with Crippen molar-refractivity contribution in [2.45, 2.75) is 45.4 Å². The molecule has 30 heavy (non-hydrogen) atoms. The number of ether oxygens (including phenoxy) is 1. The highest BCUT2D eigenvalue weighted by molar-refractivity contribution is 6.00. The molecule has 1 saturated heterocycles. The molecular weight excluding hydrogens is 378 g/mol. The van der Waals surface area contributed by atoms with Crippen molar-refractivity contribution in [1.82, 2.24) is 10.2 Å². The van der Waals surface area contributed by atoms with E-state index in [0.29, 0.717) is 18.8 Å². The lowest BCUT2D eigenvalue weighted by Gasteiger charge is -2.32. The van der Waals surface area contributed by atoms with Gasteiger partial charge in [-0.05, 0) is 56.1 Å². The first kappa shape index (κ1) is 20.4. The van der Waals surface area contributed by atoms with E-state index in [0.717, 1.165) is 17.8 Å². The lowest BCUT2D eigenvalue weighted by atomic mass is 10.1. The van der Waals surface area contributed by atoms with Crippen molar-refractivity contribution in [3.8, 4) is 5.75 Å². The number of carbonyl (C=O) groups is 2. The molecule has 1 atom stereocenters. The number of carbonyl (C=O) groups excluding carboxylic acids is 2. The van der Waals surface area contributed by atoms with Crippen molar-refractivity contribution < 1.29 is 14.3 Å². The van der Waals surface area contributed by atoms with Crippen LogP contribution in [0.3, 0.4) is 0 Å². The van der Waals surface area contributed by atoms with Crippen molar-refractivity contribution in [3.05, 3.63) is 59.7 Å². The number of nitrogens with zero attached hydrogens (tertiary/aromatic N) is 2. The summed E-state index contributed by atoms with van der Waals surface area (Å²) in [5, 5.41) is 2.96. The van der Waals surface area contributed by atoms with Crippen molar-refractivity contribution in [2.24, 2.45) is 0 Å². The summed E-state index contributed by atoms with van der Waals surface area (Å²) < 4.78 is 5.64. The van der Waals surface area contributed by atoms with E-state index in [1.54, 1.807) is 11.8 Å². The predicted molar refractivity (Wildman–Crippen MR) is 116 cm³/mol. The van der Waals surface area contributed by atoms with Gasteiger partial charge in [-0.3, -0.25) is 14.5 Å². The summed E-state index contributed by atoms with van der Waals surface area (Å²) >= 11 is 0. The number of fused-ring (bicyclic) bond motifs is 1. The second-order valence-corrected chi connectivity index (χ2v) is 8.04. The maximum atomic E-state index is 12.5. The molecule has 158 valence electrons. The lowest BCUT2D eigenvalue weighted by Crippen LogP contribution is -2.45. The standard InChI is InChI=1S/C24H29N3O3/c1-18-24(29)27(21-6-2-3-7-22(21)30-18)15-12-23(28)25-16-19-8-10-20(11-9-19)17-26-13-4-5-14-26/h2-3,6-11,18H,4-5,12-17H2,1H3,(H,25,28). The van der Waals surface area contributed by atoms with Gasteiger partial charge in [0, 0.05) is 26.1 Å². The van der Waals surface area contributed by atoms with Crippen LogP contribution in [0.2, 0.25) is 0 Å². The summed E-state index contributed by atoms with van der Waals surface area (Å²) in [5.41, 5.74) is 3.11. The second-order valence-electron chi connectivity index (χ2n) is 8.04. The van der Waals surface area contributed by atoms with Gasteiger partial charge in [-0.1, -0.05) is 36.4 Å². The van der Waals surface area contributed by atoms with Gasteiger partial charge in [-0.2, -0.15) is 0 Å². The van der Waals surface area contributed by atoms with E-state index >= 15 is 0 Å². The van der Waals surface area contributed by atoms with Crippen LogP contribution in [0.25, 0.3) is 0 Å². The van der Waals surface area contributed by atoms with Gasteiger partial charge in [0.1, 0.15) is 5.75 Å². The van der Waals surface area contributed by atoms with E-state index in [4.69, 9.17) is 4.74 Å². The van der Waals surface area contributed by atoms with Crippen LogP contribution in [-0.4, -0.2) is 42.5 Å². The Balaban J connectivity index is 1.26. The van der Waals surface area contributed by atoms with Gasteiger partial charge >= 0.3 is 0 Å². The number of para-hydroxylation sites is 2. The lowest BCUT2D eigenvalue weighted by molar-refractivity contribution is -0.125. The first-order valence-electron chi connectivity index (χ1n) is 10.7. The Morgan fingerprint density at radius 1 is 1.07 bits per heavy atom. The van der Waals surface area contributed by atoms with Crippen molar-refractivity contribution >= 4 is 17.5 Å². The smallest absolute Gasteiger partial charge is 0.267 e. The SMILES string of the molecule is CC1Oc2ccccc2N(CCC(=O)NCc2ccc(CN3CCCC3)cc2)C1=O. The highest BCUT2D eigenvalue weighted by atomic mass is 16.5. The molecule has 0 aromatic heterocycles. The maximum absolute atomic E-state index is 12.5. The zero-order chi connectivity index (χ0) is 20.9. The van der Waals surface area contributed by atoms with E-state index < -0.39 is 6.10 Å². The molecule has 6 heteroatoms. The topological polar surface area (TPSA) is 61.9 Å². The molecule has 0 radical (unpaired) electrons. The number of amides is 2. The quantitative estimate of drug-likeness (QED) is 0.766. The van der Waals surface area contributed by atoms with Crippen LogP contribution in [0.15, 0.2) is 48.5 Å². The Bertz CT molecular complexity index is 891. The van der Waals surface area contributed by atoms with Gasteiger partial charge in [0.15, 0.2) is 6.10 Å². The average molecular weight is 408 g/mol. The minimum atomic E-state index is -0.540. The summed E-state index contributed by atoms with van der Waals surface area (Å²) in [7, 11) is 0. The van der Waals surface area contributed by atoms with Crippen molar-refractivity contribution in [2.75, 3.05) is 24.5 Å². The largest absolute Gasteiger partial charge is 0.479 e. The molecule has 4 rings (SSSR count). The van der Waals surface area contributed by atoms with Gasteiger partial charge in [0.05, 0.1) is 5.69 Å². The van der Waals surface area contributed by atoms with E-state index in [1.165, 1.54) is 31.5 Å². The van der Waals surface area contributed by atoms with Gasteiger partial charge in [0.2, 0.25) is 5.91 Å². The summed E-state index contributed by atoms with van der Waals surface area (Å²) in [6.45, 7) is 5.94. The molecule has 2 aliphatic rings. The molecule has 0 spiro atoms. The van der Waals surface area contributed by atoms with Crippen LogP contribution in [0.1, 0.15) is 37.3 Å². The minimum Gasteiger partial charge on any atom is -0.479 e. The zero-order valence-corrected chi connectivity index (χ0v) is 17.5. The number of benzene rings is 2. The fraction of sp³-hybridized carbons (Fsp3) is 0.417.